The van der Waals surface area contributed by atoms with Gasteiger partial charge >= 0.3 is 0 Å². The van der Waals surface area contributed by atoms with Gasteiger partial charge < -0.3 is 16.4 Å². The van der Waals surface area contributed by atoms with Gasteiger partial charge in [-0.05, 0) is 34.0 Å². The smallest absolute Gasteiger partial charge is 0.0141 e. The van der Waals surface area contributed by atoms with Crippen LogP contribution in [0.1, 0.15) is 47.5 Å². The van der Waals surface area contributed by atoms with E-state index in [9.17, 15) is 10.0 Å². The molecule has 1 fully saturated rings. The molecular weight excluding hydrogens is 291 g/mol. The van der Waals surface area contributed by atoms with Gasteiger partial charge in [0.1, 0.15) is 0 Å². The summed E-state index contributed by atoms with van der Waals surface area (Å²) in [6.07, 6.45) is 5.77. The monoisotopic (exact) mass is 314 g/mol. The topological polar surface area (TPSA) is 40.5 Å². The van der Waals surface area contributed by atoms with E-state index in [0.717, 1.165) is 12.8 Å². The zero-order valence-corrected chi connectivity index (χ0v) is 14.4. The minimum Gasteiger partial charge on any atom is -0.419 e. The Hall–Kier alpha value is 0.434. The minimum atomic E-state index is -0.0955. The fraction of sp³-hybridized carbons (Fsp3) is 0.692. The average Bonchev–Trinajstić information content (AvgIpc) is 2.15. The van der Waals surface area contributed by atoms with E-state index in [2.05, 4.69) is 40.7 Å². The number of rotatable bonds is 1. The molecule has 1 saturated heterocycles. The Morgan fingerprint density at radius 2 is 1.59 bits per heavy atom. The van der Waals surface area contributed by atoms with Gasteiger partial charge in [0.15, 0.2) is 0 Å². The Bertz CT molecular complexity index is 246. The first-order valence-corrected chi connectivity index (χ1v) is 5.48. The molecule has 0 aromatic rings. The molecule has 0 amide bonds. The Balaban J connectivity index is 0. The van der Waals surface area contributed by atoms with Crippen molar-refractivity contribution in [2.24, 2.45) is 0 Å². The molecule has 4 heteroatoms. The summed E-state index contributed by atoms with van der Waals surface area (Å²) in [5.41, 5.74) is 0.258. The molecule has 1 aliphatic rings. The van der Waals surface area contributed by atoms with Crippen LogP contribution in [-0.2, 0) is 37.5 Å². The van der Waals surface area contributed by atoms with Gasteiger partial charge in [0.05, 0.1) is 0 Å². The van der Waals surface area contributed by atoms with Gasteiger partial charge in [-0.1, -0.05) is 6.92 Å². The van der Waals surface area contributed by atoms with Crippen molar-refractivity contribution in [1.29, 1.82) is 0 Å². The zero-order chi connectivity index (χ0) is 13.0. The summed E-state index contributed by atoms with van der Waals surface area (Å²) in [5.74, 6) is 0. The van der Waals surface area contributed by atoms with Crippen LogP contribution in [0.4, 0.5) is 0 Å². The van der Waals surface area contributed by atoms with Gasteiger partial charge in [0.2, 0.25) is 0 Å². The van der Waals surface area contributed by atoms with Crippen LogP contribution in [0.25, 0.3) is 0 Å². The molecule has 0 aliphatic carbocycles. The van der Waals surface area contributed by atoms with E-state index in [-0.39, 0.29) is 43.8 Å². The first-order chi connectivity index (χ1) is 7.13. The molecule has 0 bridgehead atoms. The van der Waals surface area contributed by atoms with Crippen molar-refractivity contribution in [2.45, 2.75) is 58.5 Å². The summed E-state index contributed by atoms with van der Waals surface area (Å²) in [7, 11) is 0. The largest absolute Gasteiger partial charge is 0.419 e. The number of hydrogen-bond donors (Lipinski definition) is 1. The molecule has 1 N–H and O–H groups in total. The third-order valence-electron chi connectivity index (χ3n) is 2.61. The second kappa shape index (κ2) is 7.78. The number of nitrogens with zero attached hydrogens (tertiary/aromatic N) is 1. The van der Waals surface area contributed by atoms with E-state index in [0.29, 0.717) is 5.57 Å². The molecule has 0 aromatic carbocycles. The first-order valence-electron chi connectivity index (χ1n) is 5.48. The van der Waals surface area contributed by atoms with Crippen molar-refractivity contribution in [3.8, 4) is 0 Å². The van der Waals surface area contributed by atoms with E-state index in [1.807, 2.05) is 0 Å². The number of carbonyl (C=O) groups excluding carboxylic acids is 1. The minimum absolute atomic E-state index is 0. The molecule has 0 spiro atoms. The van der Waals surface area contributed by atoms with Crippen LogP contribution in [0.3, 0.4) is 0 Å². The quantitative estimate of drug-likeness (QED) is 0.598. The SMILES string of the molecule is C=C(C)[C-]=O.CC1(C)C[CH-]CC(C)(C)N1O.[Y]. The molecule has 97 valence electrons. The van der Waals surface area contributed by atoms with Crippen molar-refractivity contribution in [3.63, 3.8) is 0 Å². The molecule has 0 unspecified atom stereocenters. The molecular formula is C13H23NO2Y-2. The number of allylic oxidation sites excluding steroid dienone is 1. The second-order valence-electron chi connectivity index (χ2n) is 5.52. The number of hydrogen-bond acceptors (Lipinski definition) is 3. The Morgan fingerprint density at radius 1 is 1.29 bits per heavy atom. The van der Waals surface area contributed by atoms with Gasteiger partial charge in [-0.2, -0.15) is 23.5 Å². The molecule has 1 aliphatic heterocycles. The van der Waals surface area contributed by atoms with Crippen LogP contribution in [0, 0.1) is 6.42 Å². The summed E-state index contributed by atoms with van der Waals surface area (Å²) in [6, 6.07) is 0. The van der Waals surface area contributed by atoms with Crippen molar-refractivity contribution >= 4 is 6.29 Å². The fourth-order valence-corrected chi connectivity index (χ4v) is 1.77. The van der Waals surface area contributed by atoms with Crippen LogP contribution >= 0.6 is 0 Å². The molecule has 3 nitrogen and oxygen atoms in total. The van der Waals surface area contributed by atoms with E-state index in [1.165, 1.54) is 5.06 Å². The summed E-state index contributed by atoms with van der Waals surface area (Å²) in [6.45, 7) is 13.1. The van der Waals surface area contributed by atoms with Crippen molar-refractivity contribution in [3.05, 3.63) is 18.6 Å². The van der Waals surface area contributed by atoms with Crippen molar-refractivity contribution in [2.75, 3.05) is 0 Å². The first kappa shape index (κ1) is 19.8. The summed E-state index contributed by atoms with van der Waals surface area (Å²) in [4.78, 5) is 9.28. The maximum atomic E-state index is 9.78. The van der Waals surface area contributed by atoms with E-state index < -0.39 is 0 Å². The maximum absolute atomic E-state index is 9.78. The zero-order valence-electron chi connectivity index (χ0n) is 11.6. The van der Waals surface area contributed by atoms with Crippen LogP contribution in [0.2, 0.25) is 0 Å². The predicted molar refractivity (Wildman–Crippen MR) is 65.8 cm³/mol. The Morgan fingerprint density at radius 3 is 1.76 bits per heavy atom. The average molecular weight is 314 g/mol. The van der Waals surface area contributed by atoms with Crippen LogP contribution in [0.15, 0.2) is 12.2 Å². The normalized spacial score (nSPS) is 21.5. The molecule has 0 aromatic heterocycles. The molecule has 1 radical (unpaired) electrons. The number of piperidine rings is 1. The number of hydroxylamine groups is 2. The van der Waals surface area contributed by atoms with Crippen molar-refractivity contribution in [1.82, 2.24) is 5.06 Å². The third-order valence-corrected chi connectivity index (χ3v) is 2.61. The van der Waals surface area contributed by atoms with Crippen LogP contribution in [0.5, 0.6) is 0 Å². The molecule has 1 rings (SSSR count). The third kappa shape index (κ3) is 6.80. The van der Waals surface area contributed by atoms with Crippen LogP contribution < -0.4 is 0 Å². The van der Waals surface area contributed by atoms with Gasteiger partial charge in [-0.15, -0.1) is 0 Å². The molecule has 0 saturated carbocycles. The van der Waals surface area contributed by atoms with Crippen LogP contribution in [-0.4, -0.2) is 27.6 Å². The van der Waals surface area contributed by atoms with Gasteiger partial charge in [-0.3, -0.25) is 0 Å². The van der Waals surface area contributed by atoms with Gasteiger partial charge in [0.25, 0.3) is 0 Å². The van der Waals surface area contributed by atoms with E-state index >= 15 is 0 Å². The van der Waals surface area contributed by atoms with E-state index in [4.69, 9.17) is 0 Å². The predicted octanol–water partition coefficient (Wildman–Crippen LogP) is 2.90. The molecule has 17 heavy (non-hydrogen) atoms. The maximum Gasteiger partial charge on any atom is 0.0141 e. The summed E-state index contributed by atoms with van der Waals surface area (Å²) in [5, 5.41) is 11.3. The summed E-state index contributed by atoms with van der Waals surface area (Å²) < 4.78 is 0. The molecule has 0 atom stereocenters. The standard InChI is InChI=1S/C9H18NO.C4H5O.Y/c1-8(2)6-5-7-9(3,4)10(8)11;1-4(2)3-5;/h5,11H,6-7H2,1-4H3;1H2,2H3;/q2*-1;. The molecule has 1 heterocycles. The van der Waals surface area contributed by atoms with Crippen molar-refractivity contribution < 1.29 is 42.7 Å². The van der Waals surface area contributed by atoms with Gasteiger partial charge in [0, 0.05) is 43.8 Å². The fourth-order valence-electron chi connectivity index (χ4n) is 1.77. The second-order valence-corrected chi connectivity index (χ2v) is 5.52. The van der Waals surface area contributed by atoms with E-state index in [1.54, 1.807) is 13.2 Å². The Labute approximate surface area is 130 Å². The summed E-state index contributed by atoms with van der Waals surface area (Å²) >= 11 is 0. The Kier molecular flexibility index (Phi) is 9.04. The van der Waals surface area contributed by atoms with Gasteiger partial charge in [-0.25, -0.2) is 6.58 Å².